The molecule has 116 valence electrons. The number of carbonyl (C=O) groups is 1. The molecule has 1 atom stereocenters. The zero-order chi connectivity index (χ0) is 15.2. The van der Waals surface area contributed by atoms with Crippen molar-refractivity contribution in [2.75, 3.05) is 13.2 Å². The molecule has 1 aliphatic carbocycles. The van der Waals surface area contributed by atoms with Gasteiger partial charge in [-0.25, -0.2) is 4.98 Å². The van der Waals surface area contributed by atoms with Crippen molar-refractivity contribution in [3.8, 4) is 0 Å². The van der Waals surface area contributed by atoms with Crippen LogP contribution in [0, 0.1) is 0 Å². The van der Waals surface area contributed by atoms with Crippen LogP contribution in [0.2, 0.25) is 0 Å². The van der Waals surface area contributed by atoms with Crippen molar-refractivity contribution in [1.29, 1.82) is 0 Å². The fourth-order valence-corrected chi connectivity index (χ4v) is 3.69. The second kappa shape index (κ2) is 5.05. The molecule has 2 fully saturated rings. The van der Waals surface area contributed by atoms with Gasteiger partial charge in [0.25, 0.3) is 5.91 Å². The highest BCUT2D eigenvalue weighted by Crippen LogP contribution is 2.37. The molecule has 1 amide bonds. The molecular formula is C16H20N4O2. The predicted octanol–water partition coefficient (Wildman–Crippen LogP) is 2.13. The molecule has 22 heavy (non-hydrogen) atoms. The summed E-state index contributed by atoms with van der Waals surface area (Å²) in [6.07, 6.45) is 7.83. The number of amides is 1. The number of rotatable bonds is 1. The molecule has 0 aromatic carbocycles. The van der Waals surface area contributed by atoms with Gasteiger partial charge in [0, 0.05) is 6.20 Å². The van der Waals surface area contributed by atoms with Gasteiger partial charge < -0.3 is 9.64 Å². The van der Waals surface area contributed by atoms with Gasteiger partial charge in [0.15, 0.2) is 5.65 Å². The number of H-pyrrole nitrogens is 1. The van der Waals surface area contributed by atoms with E-state index in [1.165, 1.54) is 12.8 Å². The molecule has 3 heterocycles. The quantitative estimate of drug-likeness (QED) is 0.876. The molecular weight excluding hydrogens is 280 g/mol. The second-order valence-corrected chi connectivity index (χ2v) is 6.47. The molecule has 4 rings (SSSR count). The van der Waals surface area contributed by atoms with E-state index < -0.39 is 0 Å². The number of aromatic amines is 1. The second-order valence-electron chi connectivity index (χ2n) is 6.47. The fraction of sp³-hybridized carbons (Fsp3) is 0.562. The highest BCUT2D eigenvalue weighted by Gasteiger charge is 2.43. The van der Waals surface area contributed by atoms with Crippen LogP contribution in [-0.2, 0) is 4.74 Å². The van der Waals surface area contributed by atoms with E-state index in [1.807, 2.05) is 11.8 Å². The first kappa shape index (κ1) is 13.7. The number of carbonyl (C=O) groups excluding carboxylic acids is 1. The number of hydrogen-bond acceptors (Lipinski definition) is 4. The minimum atomic E-state index is -0.120. The van der Waals surface area contributed by atoms with E-state index >= 15 is 0 Å². The summed E-state index contributed by atoms with van der Waals surface area (Å²) in [5.74, 6) is 0.0517. The maximum absolute atomic E-state index is 13.1. The van der Waals surface area contributed by atoms with Crippen LogP contribution >= 0.6 is 0 Å². The summed E-state index contributed by atoms with van der Waals surface area (Å²) in [5, 5.41) is 7.60. The Morgan fingerprint density at radius 1 is 1.45 bits per heavy atom. The first-order valence-corrected chi connectivity index (χ1v) is 7.92. The third-order valence-corrected chi connectivity index (χ3v) is 4.98. The number of pyridine rings is 1. The van der Waals surface area contributed by atoms with Gasteiger partial charge in [0.2, 0.25) is 0 Å². The first-order chi connectivity index (χ1) is 10.7. The van der Waals surface area contributed by atoms with E-state index in [9.17, 15) is 4.79 Å². The van der Waals surface area contributed by atoms with Gasteiger partial charge in [0.05, 0.1) is 41.9 Å². The van der Waals surface area contributed by atoms with Crippen LogP contribution in [0.5, 0.6) is 0 Å². The third kappa shape index (κ3) is 2.09. The number of aromatic nitrogens is 3. The lowest BCUT2D eigenvalue weighted by Crippen LogP contribution is -2.56. The van der Waals surface area contributed by atoms with Crippen LogP contribution in [0.4, 0.5) is 0 Å². The Hall–Kier alpha value is -1.95. The Bertz CT molecular complexity index is 705. The Morgan fingerprint density at radius 2 is 2.27 bits per heavy atom. The smallest absolute Gasteiger partial charge is 0.255 e. The molecule has 1 saturated heterocycles. The van der Waals surface area contributed by atoms with Crippen molar-refractivity contribution >= 4 is 16.9 Å². The van der Waals surface area contributed by atoms with E-state index in [4.69, 9.17) is 4.74 Å². The number of hydrogen-bond donors (Lipinski definition) is 1. The molecule has 2 aromatic heterocycles. The average Bonchev–Trinajstić information content (AvgIpc) is 3.18. The van der Waals surface area contributed by atoms with Crippen LogP contribution in [0.15, 0.2) is 18.5 Å². The van der Waals surface area contributed by atoms with Crippen LogP contribution in [0.25, 0.3) is 11.0 Å². The van der Waals surface area contributed by atoms with Crippen molar-refractivity contribution in [2.24, 2.45) is 0 Å². The molecule has 1 aliphatic heterocycles. The normalized spacial score (nSPS) is 24.2. The number of morpholine rings is 1. The lowest BCUT2D eigenvalue weighted by Gasteiger charge is -2.44. The molecule has 1 spiro atoms. The van der Waals surface area contributed by atoms with Gasteiger partial charge in [-0.1, -0.05) is 12.8 Å². The van der Waals surface area contributed by atoms with Crippen molar-refractivity contribution in [1.82, 2.24) is 20.1 Å². The topological polar surface area (TPSA) is 71.1 Å². The number of nitrogens with zero attached hydrogens (tertiary/aromatic N) is 3. The zero-order valence-electron chi connectivity index (χ0n) is 12.7. The summed E-state index contributed by atoms with van der Waals surface area (Å²) in [6, 6.07) is 1.87. The maximum atomic E-state index is 13.1. The monoisotopic (exact) mass is 300 g/mol. The van der Waals surface area contributed by atoms with Crippen molar-refractivity contribution < 1.29 is 9.53 Å². The van der Waals surface area contributed by atoms with Crippen molar-refractivity contribution in [3.05, 3.63) is 24.0 Å². The standard InChI is InChI=1S/C16H20N4O2/c1-11-9-22-16(5-2-3-6-16)10-20(11)15(21)12-4-7-17-14-13(12)8-18-19-14/h4,7-8,11H,2-3,5-6,9-10H2,1H3,(H,17,18,19). The minimum Gasteiger partial charge on any atom is -0.371 e. The third-order valence-electron chi connectivity index (χ3n) is 4.98. The highest BCUT2D eigenvalue weighted by molar-refractivity contribution is 6.05. The molecule has 0 bridgehead atoms. The molecule has 0 radical (unpaired) electrons. The van der Waals surface area contributed by atoms with Crippen LogP contribution in [0.1, 0.15) is 43.0 Å². The van der Waals surface area contributed by atoms with Crippen LogP contribution in [-0.4, -0.2) is 50.8 Å². The number of ether oxygens (including phenoxy) is 1. The number of fused-ring (bicyclic) bond motifs is 1. The SMILES string of the molecule is CC1COC2(CCCC2)CN1C(=O)c1ccnc2[nH]ncc12. The van der Waals surface area contributed by atoms with E-state index in [0.29, 0.717) is 24.4 Å². The van der Waals surface area contributed by atoms with Gasteiger partial charge in [-0.05, 0) is 25.8 Å². The molecule has 1 unspecified atom stereocenters. The van der Waals surface area contributed by atoms with Crippen molar-refractivity contribution in [3.63, 3.8) is 0 Å². The summed E-state index contributed by atoms with van der Waals surface area (Å²) in [6.45, 7) is 3.35. The molecule has 2 aliphatic rings. The minimum absolute atomic E-state index is 0.0517. The molecule has 6 nitrogen and oxygen atoms in total. The first-order valence-electron chi connectivity index (χ1n) is 7.92. The summed E-state index contributed by atoms with van der Waals surface area (Å²) < 4.78 is 6.10. The summed E-state index contributed by atoms with van der Waals surface area (Å²) >= 11 is 0. The zero-order valence-corrected chi connectivity index (χ0v) is 12.7. The lowest BCUT2D eigenvalue weighted by atomic mass is 9.97. The molecule has 1 N–H and O–H groups in total. The average molecular weight is 300 g/mol. The lowest BCUT2D eigenvalue weighted by molar-refractivity contribution is -0.115. The van der Waals surface area contributed by atoms with E-state index in [2.05, 4.69) is 15.2 Å². The molecule has 1 saturated carbocycles. The van der Waals surface area contributed by atoms with Gasteiger partial charge >= 0.3 is 0 Å². The van der Waals surface area contributed by atoms with E-state index in [-0.39, 0.29) is 17.6 Å². The van der Waals surface area contributed by atoms with Gasteiger partial charge in [-0.2, -0.15) is 5.10 Å². The van der Waals surface area contributed by atoms with E-state index in [0.717, 1.165) is 18.2 Å². The van der Waals surface area contributed by atoms with Gasteiger partial charge in [0.1, 0.15) is 0 Å². The fourth-order valence-electron chi connectivity index (χ4n) is 3.69. The van der Waals surface area contributed by atoms with E-state index in [1.54, 1.807) is 18.5 Å². The van der Waals surface area contributed by atoms with Crippen LogP contribution < -0.4 is 0 Å². The van der Waals surface area contributed by atoms with Crippen molar-refractivity contribution in [2.45, 2.75) is 44.2 Å². The molecule has 6 heteroatoms. The summed E-state index contributed by atoms with van der Waals surface area (Å²) in [4.78, 5) is 19.2. The Balaban J connectivity index is 1.67. The van der Waals surface area contributed by atoms with Gasteiger partial charge in [-0.15, -0.1) is 0 Å². The summed E-state index contributed by atoms with van der Waals surface area (Å²) in [5.41, 5.74) is 1.20. The Labute approximate surface area is 128 Å². The largest absolute Gasteiger partial charge is 0.371 e. The number of nitrogens with one attached hydrogen (secondary N) is 1. The van der Waals surface area contributed by atoms with Gasteiger partial charge in [-0.3, -0.25) is 9.89 Å². The maximum Gasteiger partial charge on any atom is 0.255 e. The van der Waals surface area contributed by atoms with Crippen LogP contribution in [0.3, 0.4) is 0 Å². The highest BCUT2D eigenvalue weighted by atomic mass is 16.5. The Morgan fingerprint density at radius 3 is 3.09 bits per heavy atom. The molecule has 2 aromatic rings. The Kier molecular flexibility index (Phi) is 3.14. The summed E-state index contributed by atoms with van der Waals surface area (Å²) in [7, 11) is 0. The predicted molar refractivity (Wildman–Crippen MR) is 81.5 cm³/mol.